The number of nitrogens with two attached hydrogens (primary N) is 1. The van der Waals surface area contributed by atoms with Crippen molar-refractivity contribution in [2.75, 3.05) is 6.54 Å². The van der Waals surface area contributed by atoms with Crippen molar-refractivity contribution in [3.8, 4) is 0 Å². The summed E-state index contributed by atoms with van der Waals surface area (Å²) in [5, 5.41) is 4.33. The smallest absolute Gasteiger partial charge is 0.0521 e. The van der Waals surface area contributed by atoms with Gasteiger partial charge >= 0.3 is 0 Å². The summed E-state index contributed by atoms with van der Waals surface area (Å²) in [7, 11) is 0. The van der Waals surface area contributed by atoms with E-state index in [-0.39, 0.29) is 0 Å². The summed E-state index contributed by atoms with van der Waals surface area (Å²) in [5.41, 5.74) is 6.77. The molecule has 0 atom stereocenters. The molecular formula is C10H17N3. The molecular weight excluding hydrogens is 162 g/mol. The van der Waals surface area contributed by atoms with Gasteiger partial charge < -0.3 is 5.73 Å². The monoisotopic (exact) mass is 179 g/mol. The van der Waals surface area contributed by atoms with E-state index in [4.69, 9.17) is 5.73 Å². The molecule has 0 aromatic carbocycles. The molecule has 0 saturated heterocycles. The Morgan fingerprint density at radius 3 is 3.08 bits per heavy atom. The van der Waals surface area contributed by atoms with Gasteiger partial charge in [0.05, 0.1) is 6.20 Å². The molecule has 1 heterocycles. The number of nitrogens with zero attached hydrogens (tertiary/aromatic N) is 2. The third-order valence-electron chi connectivity index (χ3n) is 2.50. The van der Waals surface area contributed by atoms with Crippen LogP contribution >= 0.6 is 0 Å². The summed E-state index contributed by atoms with van der Waals surface area (Å²) in [6.07, 6.45) is 9.04. The Bertz CT molecular complexity index is 263. The van der Waals surface area contributed by atoms with Crippen molar-refractivity contribution >= 4 is 0 Å². The average molecular weight is 179 g/mol. The molecule has 0 spiro atoms. The van der Waals surface area contributed by atoms with E-state index in [0.717, 1.165) is 31.8 Å². The van der Waals surface area contributed by atoms with Crippen molar-refractivity contribution in [2.24, 2.45) is 11.7 Å². The number of rotatable bonds is 5. The maximum Gasteiger partial charge on any atom is 0.0521 e. The van der Waals surface area contributed by atoms with E-state index in [0.29, 0.717) is 0 Å². The van der Waals surface area contributed by atoms with Crippen LogP contribution in [0.5, 0.6) is 0 Å². The zero-order chi connectivity index (χ0) is 9.10. The molecule has 1 aromatic rings. The summed E-state index contributed by atoms with van der Waals surface area (Å²) in [6, 6.07) is 0. The van der Waals surface area contributed by atoms with Gasteiger partial charge in [0, 0.05) is 12.7 Å². The van der Waals surface area contributed by atoms with Crippen LogP contribution in [0, 0.1) is 5.92 Å². The van der Waals surface area contributed by atoms with Crippen LogP contribution in [0.4, 0.5) is 0 Å². The van der Waals surface area contributed by atoms with Gasteiger partial charge in [0.15, 0.2) is 0 Å². The predicted molar refractivity (Wildman–Crippen MR) is 52.3 cm³/mol. The van der Waals surface area contributed by atoms with Crippen molar-refractivity contribution in [1.82, 2.24) is 9.78 Å². The van der Waals surface area contributed by atoms with E-state index in [1.54, 1.807) is 0 Å². The molecule has 1 aliphatic rings. The highest BCUT2D eigenvalue weighted by atomic mass is 15.3. The Hall–Kier alpha value is -0.830. The quantitative estimate of drug-likeness (QED) is 0.737. The van der Waals surface area contributed by atoms with Crippen LogP contribution in [0.15, 0.2) is 12.4 Å². The highest BCUT2D eigenvalue weighted by Crippen LogP contribution is 2.30. The maximum atomic E-state index is 5.45. The van der Waals surface area contributed by atoms with Crippen molar-refractivity contribution in [1.29, 1.82) is 0 Å². The van der Waals surface area contributed by atoms with Crippen molar-refractivity contribution in [2.45, 2.75) is 32.2 Å². The van der Waals surface area contributed by atoms with E-state index in [1.165, 1.54) is 18.4 Å². The Labute approximate surface area is 78.9 Å². The molecule has 1 saturated carbocycles. The minimum atomic E-state index is 0.772. The van der Waals surface area contributed by atoms with Gasteiger partial charge in [0.25, 0.3) is 0 Å². The van der Waals surface area contributed by atoms with E-state index < -0.39 is 0 Å². The fraction of sp³-hybridized carbons (Fsp3) is 0.700. The molecule has 0 aliphatic heterocycles. The van der Waals surface area contributed by atoms with E-state index in [2.05, 4.69) is 16.0 Å². The summed E-state index contributed by atoms with van der Waals surface area (Å²) >= 11 is 0. The van der Waals surface area contributed by atoms with Crippen LogP contribution in [-0.4, -0.2) is 16.3 Å². The van der Waals surface area contributed by atoms with Crippen molar-refractivity contribution in [3.63, 3.8) is 0 Å². The summed E-state index contributed by atoms with van der Waals surface area (Å²) in [5.74, 6) is 0.905. The van der Waals surface area contributed by atoms with Crippen molar-refractivity contribution in [3.05, 3.63) is 18.0 Å². The van der Waals surface area contributed by atoms with Crippen LogP contribution in [0.25, 0.3) is 0 Å². The van der Waals surface area contributed by atoms with Crippen molar-refractivity contribution < 1.29 is 0 Å². The zero-order valence-electron chi connectivity index (χ0n) is 7.95. The molecule has 2 rings (SSSR count). The molecule has 0 bridgehead atoms. The first-order chi connectivity index (χ1) is 6.38. The van der Waals surface area contributed by atoms with Gasteiger partial charge in [-0.1, -0.05) is 0 Å². The predicted octanol–water partition coefficient (Wildman–Crippen LogP) is 1.18. The van der Waals surface area contributed by atoms with Crippen LogP contribution in [0.3, 0.4) is 0 Å². The first kappa shape index (κ1) is 8.75. The lowest BCUT2D eigenvalue weighted by Gasteiger charge is -1.96. The largest absolute Gasteiger partial charge is 0.330 e. The van der Waals surface area contributed by atoms with E-state index >= 15 is 0 Å². The summed E-state index contributed by atoms with van der Waals surface area (Å²) < 4.78 is 2.07. The number of hydrogen-bond acceptors (Lipinski definition) is 2. The molecule has 0 unspecified atom stereocenters. The summed E-state index contributed by atoms with van der Waals surface area (Å²) in [6.45, 7) is 1.89. The van der Waals surface area contributed by atoms with Crippen LogP contribution in [-0.2, 0) is 13.0 Å². The van der Waals surface area contributed by atoms with Gasteiger partial charge in [-0.25, -0.2) is 0 Å². The van der Waals surface area contributed by atoms with E-state index in [9.17, 15) is 0 Å². The second-order valence-corrected chi connectivity index (χ2v) is 3.91. The molecule has 1 aromatic heterocycles. The highest BCUT2D eigenvalue weighted by Gasteiger charge is 2.21. The maximum absolute atomic E-state index is 5.45. The number of hydrogen-bond donors (Lipinski definition) is 1. The van der Waals surface area contributed by atoms with Gasteiger partial charge in [-0.15, -0.1) is 0 Å². The molecule has 0 radical (unpaired) electrons. The highest BCUT2D eigenvalue weighted by molar-refractivity contribution is 5.04. The summed E-state index contributed by atoms with van der Waals surface area (Å²) in [4.78, 5) is 0. The Balaban J connectivity index is 1.84. The zero-order valence-corrected chi connectivity index (χ0v) is 7.95. The second-order valence-electron chi connectivity index (χ2n) is 3.91. The molecule has 72 valence electrons. The molecule has 0 amide bonds. The van der Waals surface area contributed by atoms with Gasteiger partial charge in [-0.2, -0.15) is 5.10 Å². The van der Waals surface area contributed by atoms with Gasteiger partial charge in [0.2, 0.25) is 0 Å². The minimum Gasteiger partial charge on any atom is -0.330 e. The van der Waals surface area contributed by atoms with Gasteiger partial charge in [-0.05, 0) is 43.7 Å². The van der Waals surface area contributed by atoms with Crippen LogP contribution in [0.1, 0.15) is 24.8 Å². The third kappa shape index (κ3) is 2.56. The first-order valence-corrected chi connectivity index (χ1v) is 5.10. The standard InChI is InChI=1S/C10H17N3/c11-5-1-2-10-6-12-13(8-10)7-9-3-4-9/h6,8-9H,1-5,7,11H2. The number of aryl methyl sites for hydroxylation is 1. The fourth-order valence-corrected chi connectivity index (χ4v) is 1.51. The number of aromatic nitrogens is 2. The fourth-order valence-electron chi connectivity index (χ4n) is 1.51. The lowest BCUT2D eigenvalue weighted by molar-refractivity contribution is 0.562. The van der Waals surface area contributed by atoms with Crippen LogP contribution in [0.2, 0.25) is 0 Å². The molecule has 3 heteroatoms. The van der Waals surface area contributed by atoms with E-state index in [1.807, 2.05) is 6.20 Å². The molecule has 1 fully saturated rings. The third-order valence-corrected chi connectivity index (χ3v) is 2.50. The lowest BCUT2D eigenvalue weighted by atomic mass is 10.2. The average Bonchev–Trinajstić information content (AvgIpc) is 2.81. The second kappa shape index (κ2) is 3.92. The topological polar surface area (TPSA) is 43.8 Å². The normalized spacial score (nSPS) is 16.4. The molecule has 13 heavy (non-hydrogen) atoms. The van der Waals surface area contributed by atoms with Gasteiger partial charge in [0.1, 0.15) is 0 Å². The minimum absolute atomic E-state index is 0.772. The molecule has 2 N–H and O–H groups in total. The molecule has 3 nitrogen and oxygen atoms in total. The Morgan fingerprint density at radius 1 is 1.54 bits per heavy atom. The van der Waals surface area contributed by atoms with Crippen LogP contribution < -0.4 is 5.73 Å². The Morgan fingerprint density at radius 2 is 2.38 bits per heavy atom. The lowest BCUT2D eigenvalue weighted by Crippen LogP contribution is -2.00. The van der Waals surface area contributed by atoms with Gasteiger partial charge in [-0.3, -0.25) is 4.68 Å². The molecule has 1 aliphatic carbocycles. The Kier molecular flexibility index (Phi) is 2.64. The first-order valence-electron chi connectivity index (χ1n) is 5.10. The SMILES string of the molecule is NCCCc1cnn(CC2CC2)c1.